The Bertz CT molecular complexity index is 894. The highest BCUT2D eigenvalue weighted by Gasteiger charge is 2.33. The van der Waals surface area contributed by atoms with Crippen molar-refractivity contribution >= 4 is 0 Å². The van der Waals surface area contributed by atoms with Gasteiger partial charge in [0.15, 0.2) is 5.72 Å². The van der Waals surface area contributed by atoms with E-state index in [1.165, 1.54) is 11.1 Å². The highest BCUT2D eigenvalue weighted by molar-refractivity contribution is 5.38. The van der Waals surface area contributed by atoms with E-state index in [1.807, 2.05) is 54.6 Å². The molecule has 0 saturated heterocycles. The van der Waals surface area contributed by atoms with E-state index >= 15 is 0 Å². The number of benzene rings is 3. The minimum absolute atomic E-state index is 0.168. The van der Waals surface area contributed by atoms with Gasteiger partial charge in [-0.1, -0.05) is 42.5 Å². The summed E-state index contributed by atoms with van der Waals surface area (Å²) in [5.74, 6) is 2.47. The predicted octanol–water partition coefficient (Wildman–Crippen LogP) is 5.12. The number of nitrogens with two attached hydrogens (primary N) is 1. The standard InChI is InChI=1S/C27H33NO4/c1-20(29)27(28,32-25-8-5-4-6-9-25)19-7-10-26(21-11-15-23(30-2)16-12-21)22-13-17-24(31-3)18-14-22/h4-6,8-9,11-18,20,26,29H,7,10,19,28H2,1-3H3. The number of para-hydroxylation sites is 1. The lowest BCUT2D eigenvalue weighted by atomic mass is 9.85. The van der Waals surface area contributed by atoms with Crippen molar-refractivity contribution < 1.29 is 19.3 Å². The number of aliphatic hydroxyl groups excluding tert-OH is 1. The molecule has 3 aromatic rings. The molecule has 0 aliphatic heterocycles. The fraction of sp³-hybridized carbons (Fsp3) is 0.333. The molecule has 5 heteroatoms. The second-order valence-corrected chi connectivity index (χ2v) is 8.04. The van der Waals surface area contributed by atoms with Gasteiger partial charge in [-0.25, -0.2) is 0 Å². The quantitative estimate of drug-likeness (QED) is 0.409. The molecule has 3 rings (SSSR count). The van der Waals surface area contributed by atoms with E-state index in [0.717, 1.165) is 24.3 Å². The fourth-order valence-electron chi connectivity index (χ4n) is 3.83. The Hall–Kier alpha value is -3.02. The first-order valence-corrected chi connectivity index (χ1v) is 10.9. The number of ether oxygens (including phenoxy) is 3. The average Bonchev–Trinajstić information content (AvgIpc) is 2.83. The summed E-state index contributed by atoms with van der Waals surface area (Å²) in [4.78, 5) is 0. The van der Waals surface area contributed by atoms with Gasteiger partial charge in [-0.05, 0) is 67.3 Å². The van der Waals surface area contributed by atoms with Crippen LogP contribution >= 0.6 is 0 Å². The third kappa shape index (κ3) is 6.02. The first-order valence-electron chi connectivity index (χ1n) is 10.9. The minimum Gasteiger partial charge on any atom is -0.497 e. The first-order chi connectivity index (χ1) is 15.4. The highest BCUT2D eigenvalue weighted by atomic mass is 16.5. The van der Waals surface area contributed by atoms with E-state index in [9.17, 15) is 5.11 Å². The Kier molecular flexibility index (Phi) is 8.14. The van der Waals surface area contributed by atoms with Crippen LogP contribution in [0.2, 0.25) is 0 Å². The van der Waals surface area contributed by atoms with Crippen molar-refractivity contribution in [3.05, 3.63) is 90.0 Å². The summed E-state index contributed by atoms with van der Waals surface area (Å²) in [6.07, 6.45) is 1.32. The maximum Gasteiger partial charge on any atom is 0.184 e. The van der Waals surface area contributed by atoms with Crippen LogP contribution in [-0.4, -0.2) is 31.2 Å². The Balaban J connectivity index is 1.77. The van der Waals surface area contributed by atoms with Gasteiger partial charge in [0.25, 0.3) is 0 Å². The molecule has 0 saturated carbocycles. The maximum absolute atomic E-state index is 10.4. The molecule has 5 nitrogen and oxygen atoms in total. The number of methoxy groups -OCH3 is 2. The van der Waals surface area contributed by atoms with E-state index < -0.39 is 11.8 Å². The largest absolute Gasteiger partial charge is 0.497 e. The van der Waals surface area contributed by atoms with E-state index in [-0.39, 0.29) is 5.92 Å². The molecule has 0 aliphatic rings. The van der Waals surface area contributed by atoms with Gasteiger partial charge < -0.3 is 19.3 Å². The molecule has 2 unspecified atom stereocenters. The first kappa shape index (κ1) is 23.6. The molecule has 3 aromatic carbocycles. The van der Waals surface area contributed by atoms with Gasteiger partial charge >= 0.3 is 0 Å². The van der Waals surface area contributed by atoms with Crippen LogP contribution in [0.15, 0.2) is 78.9 Å². The predicted molar refractivity (Wildman–Crippen MR) is 127 cm³/mol. The molecule has 0 aromatic heterocycles. The maximum atomic E-state index is 10.4. The SMILES string of the molecule is COc1ccc(C(CCCC(N)(Oc2ccccc2)C(C)O)c2ccc(OC)cc2)cc1. The van der Waals surface area contributed by atoms with Crippen LogP contribution in [0.5, 0.6) is 17.2 Å². The van der Waals surface area contributed by atoms with Crippen LogP contribution in [0.25, 0.3) is 0 Å². The van der Waals surface area contributed by atoms with Gasteiger partial charge in [0.1, 0.15) is 23.4 Å². The van der Waals surface area contributed by atoms with Crippen molar-refractivity contribution in [3.8, 4) is 17.2 Å². The normalized spacial score (nSPS) is 13.9. The molecule has 32 heavy (non-hydrogen) atoms. The van der Waals surface area contributed by atoms with E-state index in [1.54, 1.807) is 21.1 Å². The second-order valence-electron chi connectivity index (χ2n) is 8.04. The van der Waals surface area contributed by atoms with E-state index in [2.05, 4.69) is 24.3 Å². The molecule has 170 valence electrons. The molecule has 0 fully saturated rings. The van der Waals surface area contributed by atoms with Crippen LogP contribution in [-0.2, 0) is 0 Å². The summed E-state index contributed by atoms with van der Waals surface area (Å²) in [7, 11) is 3.33. The Morgan fingerprint density at radius 2 is 1.28 bits per heavy atom. The summed E-state index contributed by atoms with van der Waals surface area (Å²) in [6.45, 7) is 1.67. The lowest BCUT2D eigenvalue weighted by Crippen LogP contribution is -2.54. The van der Waals surface area contributed by atoms with Crippen molar-refractivity contribution in [2.45, 2.75) is 43.9 Å². The van der Waals surface area contributed by atoms with Crippen molar-refractivity contribution in [1.29, 1.82) is 0 Å². The number of hydrogen-bond donors (Lipinski definition) is 2. The lowest BCUT2D eigenvalue weighted by Gasteiger charge is -2.33. The van der Waals surface area contributed by atoms with Crippen LogP contribution in [0.1, 0.15) is 43.2 Å². The third-order valence-electron chi connectivity index (χ3n) is 5.85. The molecule has 0 spiro atoms. The van der Waals surface area contributed by atoms with Crippen molar-refractivity contribution in [2.75, 3.05) is 14.2 Å². The number of hydrogen-bond acceptors (Lipinski definition) is 5. The van der Waals surface area contributed by atoms with Crippen molar-refractivity contribution in [1.82, 2.24) is 0 Å². The molecule has 0 bridgehead atoms. The Morgan fingerprint density at radius 3 is 1.72 bits per heavy atom. The van der Waals surface area contributed by atoms with Gasteiger partial charge in [-0.3, -0.25) is 5.73 Å². The second kappa shape index (κ2) is 11.0. The average molecular weight is 436 g/mol. The van der Waals surface area contributed by atoms with Gasteiger partial charge in [0.05, 0.1) is 14.2 Å². The van der Waals surface area contributed by atoms with Crippen molar-refractivity contribution in [3.63, 3.8) is 0 Å². The fourth-order valence-corrected chi connectivity index (χ4v) is 3.83. The molecular formula is C27H33NO4. The summed E-state index contributed by atoms with van der Waals surface area (Å²) in [5, 5.41) is 10.4. The summed E-state index contributed by atoms with van der Waals surface area (Å²) < 4.78 is 16.6. The van der Waals surface area contributed by atoms with Crippen LogP contribution in [0.4, 0.5) is 0 Å². The molecule has 0 radical (unpaired) electrons. The van der Waals surface area contributed by atoms with E-state index in [4.69, 9.17) is 19.9 Å². The molecule has 0 aliphatic carbocycles. The van der Waals surface area contributed by atoms with Gasteiger partial charge in [0, 0.05) is 12.3 Å². The zero-order valence-corrected chi connectivity index (χ0v) is 19.0. The summed E-state index contributed by atoms with van der Waals surface area (Å²) >= 11 is 0. The van der Waals surface area contributed by atoms with E-state index in [0.29, 0.717) is 12.2 Å². The minimum atomic E-state index is -1.16. The highest BCUT2D eigenvalue weighted by Crippen LogP contribution is 2.33. The van der Waals surface area contributed by atoms with Crippen LogP contribution in [0, 0.1) is 0 Å². The van der Waals surface area contributed by atoms with Crippen molar-refractivity contribution in [2.24, 2.45) is 5.73 Å². The molecule has 3 N–H and O–H groups in total. The van der Waals surface area contributed by atoms with Crippen LogP contribution < -0.4 is 19.9 Å². The topological polar surface area (TPSA) is 73.9 Å². The zero-order chi connectivity index (χ0) is 23.0. The van der Waals surface area contributed by atoms with Gasteiger partial charge in [-0.2, -0.15) is 0 Å². The summed E-state index contributed by atoms with van der Waals surface area (Å²) in [5.41, 5.74) is 7.73. The lowest BCUT2D eigenvalue weighted by molar-refractivity contribution is -0.0482. The Labute approximate surface area is 190 Å². The van der Waals surface area contributed by atoms with Gasteiger partial charge in [-0.15, -0.1) is 0 Å². The number of rotatable bonds is 11. The molecule has 2 atom stereocenters. The van der Waals surface area contributed by atoms with Crippen LogP contribution in [0.3, 0.4) is 0 Å². The Morgan fingerprint density at radius 1 is 0.781 bits per heavy atom. The van der Waals surface area contributed by atoms with Gasteiger partial charge in [0.2, 0.25) is 0 Å². The zero-order valence-electron chi connectivity index (χ0n) is 19.0. The molecular weight excluding hydrogens is 402 g/mol. The number of aliphatic hydroxyl groups is 1. The molecule has 0 amide bonds. The monoisotopic (exact) mass is 435 g/mol. The molecule has 0 heterocycles. The smallest absolute Gasteiger partial charge is 0.184 e. The summed E-state index contributed by atoms with van der Waals surface area (Å²) in [6, 6.07) is 25.7. The third-order valence-corrected chi connectivity index (χ3v) is 5.85.